The molecule has 3 aromatic carbocycles. The first kappa shape index (κ1) is 21.7. The van der Waals surface area contributed by atoms with E-state index < -0.39 is 22.0 Å². The molecule has 0 heterocycles. The Labute approximate surface area is 181 Å². The number of para-hydroxylation sites is 3. The van der Waals surface area contributed by atoms with E-state index in [2.05, 4.69) is 5.32 Å². The molecule has 3 rings (SSSR count). The number of anilines is 2. The summed E-state index contributed by atoms with van der Waals surface area (Å²) in [4.78, 5) is 12.9. The number of ether oxygens (including phenoxy) is 1. The van der Waals surface area contributed by atoms with Gasteiger partial charge in [-0.05, 0) is 55.5 Å². The van der Waals surface area contributed by atoms with Crippen LogP contribution in [0.1, 0.15) is 6.92 Å². The number of carbonyl (C=O) groups is 1. The lowest BCUT2D eigenvalue weighted by molar-refractivity contribution is -0.116. The van der Waals surface area contributed by atoms with E-state index in [0.29, 0.717) is 27.9 Å². The number of rotatable bonds is 7. The van der Waals surface area contributed by atoms with Crippen molar-refractivity contribution < 1.29 is 17.9 Å². The average Bonchev–Trinajstić information content (AvgIpc) is 2.71. The Morgan fingerprint density at radius 3 is 2.20 bits per heavy atom. The van der Waals surface area contributed by atoms with Gasteiger partial charge in [-0.2, -0.15) is 0 Å². The Bertz CT molecular complexity index is 1120. The van der Waals surface area contributed by atoms with Crippen LogP contribution in [0.4, 0.5) is 11.4 Å². The van der Waals surface area contributed by atoms with Gasteiger partial charge >= 0.3 is 0 Å². The van der Waals surface area contributed by atoms with Crippen LogP contribution in [-0.4, -0.2) is 26.6 Å². The zero-order valence-corrected chi connectivity index (χ0v) is 18.0. The zero-order chi connectivity index (χ0) is 21.7. The minimum Gasteiger partial charge on any atom is -0.455 e. The molecule has 0 saturated carbocycles. The zero-order valence-electron chi connectivity index (χ0n) is 16.4. The van der Waals surface area contributed by atoms with Gasteiger partial charge in [0.05, 0.1) is 17.6 Å². The highest BCUT2D eigenvalue weighted by Gasteiger charge is 2.29. The van der Waals surface area contributed by atoms with Gasteiger partial charge in [0.25, 0.3) is 0 Å². The van der Waals surface area contributed by atoms with Crippen LogP contribution in [-0.2, 0) is 14.8 Å². The van der Waals surface area contributed by atoms with E-state index in [1.54, 1.807) is 60.7 Å². The maximum absolute atomic E-state index is 12.9. The molecule has 1 N–H and O–H groups in total. The molecule has 0 radical (unpaired) electrons. The van der Waals surface area contributed by atoms with Crippen LogP contribution in [0.25, 0.3) is 0 Å². The first-order chi connectivity index (χ1) is 14.3. The van der Waals surface area contributed by atoms with Gasteiger partial charge in [0, 0.05) is 5.02 Å². The van der Waals surface area contributed by atoms with Crippen LogP contribution in [0, 0.1) is 0 Å². The third-order valence-corrected chi connectivity index (χ3v) is 5.78. The Hall–Kier alpha value is -3.03. The number of sulfonamides is 1. The molecule has 0 bridgehead atoms. The molecule has 30 heavy (non-hydrogen) atoms. The summed E-state index contributed by atoms with van der Waals surface area (Å²) in [5.41, 5.74) is 0.779. The second-order valence-electron chi connectivity index (χ2n) is 6.61. The summed E-state index contributed by atoms with van der Waals surface area (Å²) in [6.07, 6.45) is 1.05. The molecule has 1 atom stereocenters. The van der Waals surface area contributed by atoms with E-state index >= 15 is 0 Å². The van der Waals surface area contributed by atoms with Gasteiger partial charge in [-0.25, -0.2) is 8.42 Å². The van der Waals surface area contributed by atoms with Gasteiger partial charge in [-0.1, -0.05) is 41.9 Å². The van der Waals surface area contributed by atoms with Gasteiger partial charge in [0.15, 0.2) is 5.75 Å². The van der Waals surface area contributed by atoms with Crippen LogP contribution in [0.3, 0.4) is 0 Å². The van der Waals surface area contributed by atoms with Gasteiger partial charge in [-0.3, -0.25) is 9.10 Å². The summed E-state index contributed by atoms with van der Waals surface area (Å²) in [5.74, 6) is 0.562. The minimum atomic E-state index is -3.73. The highest BCUT2D eigenvalue weighted by molar-refractivity contribution is 7.92. The average molecular weight is 445 g/mol. The van der Waals surface area contributed by atoms with Crippen molar-refractivity contribution in [1.29, 1.82) is 0 Å². The maximum Gasteiger partial charge on any atom is 0.248 e. The van der Waals surface area contributed by atoms with Crippen molar-refractivity contribution in [2.24, 2.45) is 0 Å². The Kier molecular flexibility index (Phi) is 6.64. The molecule has 1 amide bonds. The molecule has 0 unspecified atom stereocenters. The number of nitrogens with one attached hydrogen (secondary N) is 1. The quantitative estimate of drug-likeness (QED) is 0.560. The van der Waals surface area contributed by atoms with Crippen LogP contribution in [0.5, 0.6) is 11.5 Å². The fourth-order valence-corrected chi connectivity index (χ4v) is 4.21. The molecular weight excluding hydrogens is 424 g/mol. The van der Waals surface area contributed by atoms with Crippen molar-refractivity contribution in [3.63, 3.8) is 0 Å². The molecule has 0 aliphatic rings. The predicted octanol–water partition coefficient (Wildman–Crippen LogP) is 4.93. The lowest BCUT2D eigenvalue weighted by Gasteiger charge is -2.28. The summed E-state index contributed by atoms with van der Waals surface area (Å²) in [5, 5.41) is 3.24. The fourth-order valence-electron chi connectivity index (χ4n) is 2.91. The molecule has 8 heteroatoms. The molecule has 0 aliphatic heterocycles. The van der Waals surface area contributed by atoms with Crippen LogP contribution in [0.2, 0.25) is 5.02 Å². The largest absolute Gasteiger partial charge is 0.455 e. The lowest BCUT2D eigenvalue weighted by Crippen LogP contribution is -2.45. The number of carbonyl (C=O) groups excluding carboxylic acids is 1. The van der Waals surface area contributed by atoms with Crippen molar-refractivity contribution in [1.82, 2.24) is 0 Å². The third kappa shape index (κ3) is 5.31. The lowest BCUT2D eigenvalue weighted by atomic mass is 10.2. The number of benzene rings is 3. The summed E-state index contributed by atoms with van der Waals surface area (Å²) >= 11 is 5.90. The van der Waals surface area contributed by atoms with Gasteiger partial charge < -0.3 is 10.1 Å². The van der Waals surface area contributed by atoms with E-state index in [1.165, 1.54) is 6.92 Å². The second-order valence-corrected chi connectivity index (χ2v) is 8.91. The minimum absolute atomic E-state index is 0.346. The number of nitrogens with zero attached hydrogens (tertiary/aromatic N) is 1. The predicted molar refractivity (Wildman–Crippen MR) is 120 cm³/mol. The van der Waals surface area contributed by atoms with Gasteiger partial charge in [0.2, 0.25) is 15.9 Å². The first-order valence-corrected chi connectivity index (χ1v) is 11.4. The number of hydrogen-bond acceptors (Lipinski definition) is 4. The van der Waals surface area contributed by atoms with Crippen molar-refractivity contribution in [2.45, 2.75) is 13.0 Å². The SMILES string of the molecule is C[C@@H](C(=O)Nc1ccccc1Oc1ccccc1)N(c1ccc(Cl)cc1)S(C)(=O)=O. The van der Waals surface area contributed by atoms with Crippen LogP contribution < -0.4 is 14.4 Å². The van der Waals surface area contributed by atoms with E-state index in [4.69, 9.17) is 16.3 Å². The van der Waals surface area contributed by atoms with E-state index in [-0.39, 0.29) is 0 Å². The smallest absolute Gasteiger partial charge is 0.248 e. The second kappa shape index (κ2) is 9.19. The van der Waals surface area contributed by atoms with Gasteiger partial charge in [-0.15, -0.1) is 0 Å². The maximum atomic E-state index is 12.9. The first-order valence-electron chi connectivity index (χ1n) is 9.13. The summed E-state index contributed by atoms with van der Waals surface area (Å²) < 4.78 is 31.7. The standard InChI is InChI=1S/C22H21ClN2O4S/c1-16(25(30(2,27)28)18-14-12-17(23)13-15-18)22(26)24-20-10-6-7-11-21(20)29-19-8-4-3-5-9-19/h3-16H,1-2H3,(H,24,26)/t16-/m0/s1. The van der Waals surface area contributed by atoms with E-state index in [0.717, 1.165) is 10.6 Å². The Balaban J connectivity index is 1.85. The van der Waals surface area contributed by atoms with E-state index in [1.807, 2.05) is 18.2 Å². The highest BCUT2D eigenvalue weighted by Crippen LogP contribution is 2.30. The van der Waals surface area contributed by atoms with Crippen LogP contribution in [0.15, 0.2) is 78.9 Å². The number of halogens is 1. The Morgan fingerprint density at radius 1 is 0.967 bits per heavy atom. The van der Waals surface area contributed by atoms with Crippen molar-refractivity contribution in [3.8, 4) is 11.5 Å². The van der Waals surface area contributed by atoms with Crippen molar-refractivity contribution >= 4 is 38.9 Å². The monoisotopic (exact) mass is 444 g/mol. The summed E-state index contributed by atoms with van der Waals surface area (Å²) in [7, 11) is -3.73. The molecule has 6 nitrogen and oxygen atoms in total. The molecule has 0 aliphatic carbocycles. The topological polar surface area (TPSA) is 75.7 Å². The highest BCUT2D eigenvalue weighted by atomic mass is 35.5. The molecule has 0 saturated heterocycles. The molecule has 0 aromatic heterocycles. The molecule has 0 fully saturated rings. The Morgan fingerprint density at radius 2 is 1.57 bits per heavy atom. The number of hydrogen-bond donors (Lipinski definition) is 1. The van der Waals surface area contributed by atoms with Crippen molar-refractivity contribution in [2.75, 3.05) is 15.9 Å². The normalized spacial score (nSPS) is 12.1. The summed E-state index contributed by atoms with van der Waals surface area (Å²) in [6, 6.07) is 21.4. The van der Waals surface area contributed by atoms with Gasteiger partial charge in [0.1, 0.15) is 11.8 Å². The molecule has 0 spiro atoms. The number of amides is 1. The third-order valence-electron chi connectivity index (χ3n) is 4.29. The summed E-state index contributed by atoms with van der Waals surface area (Å²) in [6.45, 7) is 1.52. The molecular formula is C22H21ClN2O4S. The van der Waals surface area contributed by atoms with Crippen molar-refractivity contribution in [3.05, 3.63) is 83.9 Å². The molecule has 3 aromatic rings. The fraction of sp³-hybridized carbons (Fsp3) is 0.136. The molecule has 156 valence electrons. The van der Waals surface area contributed by atoms with E-state index in [9.17, 15) is 13.2 Å². The van der Waals surface area contributed by atoms with Crippen LogP contribution >= 0.6 is 11.6 Å².